The zero-order valence-electron chi connectivity index (χ0n) is 8.67. The molecule has 0 amide bonds. The zero-order valence-corrected chi connectivity index (χ0v) is 8.67. The summed E-state index contributed by atoms with van der Waals surface area (Å²) in [7, 11) is 1.57. The molecule has 0 saturated heterocycles. The van der Waals surface area contributed by atoms with Gasteiger partial charge in [-0.3, -0.25) is 5.43 Å². The monoisotopic (exact) mass is 221 g/mol. The number of anilines is 1. The van der Waals surface area contributed by atoms with E-state index in [9.17, 15) is 0 Å². The summed E-state index contributed by atoms with van der Waals surface area (Å²) in [6.45, 7) is 0. The lowest BCUT2D eigenvalue weighted by Gasteiger charge is -1.99. The minimum Gasteiger partial charge on any atom is -0.481 e. The van der Waals surface area contributed by atoms with E-state index in [0.29, 0.717) is 18.1 Å². The third-order valence-corrected chi connectivity index (χ3v) is 1.96. The number of aromatic nitrogens is 3. The van der Waals surface area contributed by atoms with E-state index in [2.05, 4.69) is 20.6 Å². The van der Waals surface area contributed by atoms with E-state index in [1.54, 1.807) is 19.4 Å². The number of hydrogen-bond acceptors (Lipinski definition) is 7. The van der Waals surface area contributed by atoms with Gasteiger partial charge in [-0.25, -0.2) is 10.8 Å². The summed E-state index contributed by atoms with van der Waals surface area (Å²) < 4.78 is 9.74. The smallest absolute Gasteiger partial charge is 0.335 e. The van der Waals surface area contributed by atoms with E-state index in [0.717, 1.165) is 5.56 Å². The third-order valence-electron chi connectivity index (χ3n) is 1.96. The van der Waals surface area contributed by atoms with E-state index in [1.165, 1.54) is 0 Å². The standard InChI is InChI=1S/C9H11N5O2/c1-15-8-3-2-6(5-11-8)4-7-12-9(13-10)16-14-7/h2-3,5H,4,10H2,1H3,(H,12,13,14). The van der Waals surface area contributed by atoms with Gasteiger partial charge in [-0.1, -0.05) is 11.2 Å². The predicted molar refractivity (Wildman–Crippen MR) is 55.7 cm³/mol. The van der Waals surface area contributed by atoms with Gasteiger partial charge in [-0.15, -0.1) is 0 Å². The van der Waals surface area contributed by atoms with E-state index < -0.39 is 0 Å². The highest BCUT2D eigenvalue weighted by molar-refractivity contribution is 5.22. The molecule has 0 saturated carbocycles. The molecule has 0 unspecified atom stereocenters. The number of nitrogens with one attached hydrogen (secondary N) is 1. The Morgan fingerprint density at radius 2 is 2.38 bits per heavy atom. The summed E-state index contributed by atoms with van der Waals surface area (Å²) >= 11 is 0. The van der Waals surface area contributed by atoms with Crippen LogP contribution in [0, 0.1) is 0 Å². The Morgan fingerprint density at radius 1 is 1.50 bits per heavy atom. The molecule has 16 heavy (non-hydrogen) atoms. The number of nitrogen functional groups attached to an aromatic ring is 1. The Morgan fingerprint density at radius 3 is 2.94 bits per heavy atom. The molecule has 3 N–H and O–H groups in total. The molecule has 2 aromatic rings. The van der Waals surface area contributed by atoms with Gasteiger partial charge in [0, 0.05) is 18.7 Å². The third kappa shape index (κ3) is 2.26. The van der Waals surface area contributed by atoms with Crippen molar-refractivity contribution in [3.8, 4) is 5.88 Å². The highest BCUT2D eigenvalue weighted by Gasteiger charge is 2.05. The molecule has 0 bridgehead atoms. The van der Waals surface area contributed by atoms with Crippen LogP contribution in [0.4, 0.5) is 6.01 Å². The quantitative estimate of drug-likeness (QED) is 0.567. The molecule has 2 rings (SSSR count). The predicted octanol–water partition coefficient (Wildman–Crippen LogP) is 0.350. The summed E-state index contributed by atoms with van der Waals surface area (Å²) in [4.78, 5) is 8.07. The lowest BCUT2D eigenvalue weighted by Crippen LogP contribution is -2.06. The Kier molecular flexibility index (Phi) is 2.97. The second-order valence-electron chi connectivity index (χ2n) is 3.05. The van der Waals surface area contributed by atoms with Crippen molar-refractivity contribution in [3.63, 3.8) is 0 Å². The first-order chi connectivity index (χ1) is 7.81. The van der Waals surface area contributed by atoms with Crippen molar-refractivity contribution in [3.05, 3.63) is 29.7 Å². The van der Waals surface area contributed by atoms with Crippen LogP contribution in [0.5, 0.6) is 5.88 Å². The molecule has 0 spiro atoms. The van der Waals surface area contributed by atoms with Crippen LogP contribution >= 0.6 is 0 Å². The molecule has 0 fully saturated rings. The number of ether oxygens (including phenoxy) is 1. The topological polar surface area (TPSA) is 99.1 Å². The highest BCUT2D eigenvalue weighted by Crippen LogP contribution is 2.11. The molecule has 0 aliphatic rings. The van der Waals surface area contributed by atoms with Crippen LogP contribution in [-0.4, -0.2) is 22.2 Å². The normalized spacial score (nSPS) is 10.1. The first kappa shape index (κ1) is 10.4. The Bertz CT molecular complexity index is 453. The molecule has 7 heteroatoms. The van der Waals surface area contributed by atoms with Crippen LogP contribution in [0.25, 0.3) is 0 Å². The molecule has 0 radical (unpaired) electrons. The van der Waals surface area contributed by atoms with Crippen LogP contribution in [-0.2, 0) is 6.42 Å². The molecule has 2 heterocycles. The van der Waals surface area contributed by atoms with E-state index >= 15 is 0 Å². The first-order valence-electron chi connectivity index (χ1n) is 4.60. The van der Waals surface area contributed by atoms with Gasteiger partial charge >= 0.3 is 6.01 Å². The molecule has 0 aliphatic heterocycles. The molecular formula is C9H11N5O2. The number of methoxy groups -OCH3 is 1. The van der Waals surface area contributed by atoms with Gasteiger partial charge in [-0.05, 0) is 5.56 Å². The summed E-state index contributed by atoms with van der Waals surface area (Å²) in [5.74, 6) is 6.23. The molecule has 84 valence electrons. The average Bonchev–Trinajstić information content (AvgIpc) is 2.78. The molecule has 2 aromatic heterocycles. The maximum absolute atomic E-state index is 5.12. The highest BCUT2D eigenvalue weighted by atomic mass is 16.5. The van der Waals surface area contributed by atoms with Crippen molar-refractivity contribution in [2.45, 2.75) is 6.42 Å². The number of hydrogen-bond donors (Lipinski definition) is 2. The van der Waals surface area contributed by atoms with E-state index in [-0.39, 0.29) is 6.01 Å². The lowest BCUT2D eigenvalue weighted by molar-refractivity contribution is 0.397. The van der Waals surface area contributed by atoms with Crippen molar-refractivity contribution in [2.75, 3.05) is 12.5 Å². The first-order valence-corrected chi connectivity index (χ1v) is 4.60. The Hall–Kier alpha value is -2.15. The van der Waals surface area contributed by atoms with Gasteiger partial charge in [-0.2, -0.15) is 4.98 Å². The minimum absolute atomic E-state index is 0.191. The fourth-order valence-corrected chi connectivity index (χ4v) is 1.20. The van der Waals surface area contributed by atoms with E-state index in [4.69, 9.17) is 15.1 Å². The van der Waals surface area contributed by atoms with Gasteiger partial charge in [0.05, 0.1) is 7.11 Å². The van der Waals surface area contributed by atoms with Crippen molar-refractivity contribution in [1.29, 1.82) is 0 Å². The van der Waals surface area contributed by atoms with Crippen LogP contribution in [0.15, 0.2) is 22.9 Å². The largest absolute Gasteiger partial charge is 0.481 e. The second kappa shape index (κ2) is 4.58. The second-order valence-corrected chi connectivity index (χ2v) is 3.05. The summed E-state index contributed by atoms with van der Waals surface area (Å²) in [5, 5.41) is 3.74. The SMILES string of the molecule is COc1ccc(Cc2noc(NN)n2)cn1. The van der Waals surface area contributed by atoms with E-state index in [1.807, 2.05) is 6.07 Å². The lowest BCUT2D eigenvalue weighted by atomic mass is 10.2. The molecule has 7 nitrogen and oxygen atoms in total. The van der Waals surface area contributed by atoms with Crippen LogP contribution in [0.2, 0.25) is 0 Å². The van der Waals surface area contributed by atoms with Gasteiger partial charge < -0.3 is 9.26 Å². The van der Waals surface area contributed by atoms with Gasteiger partial charge in [0.1, 0.15) is 0 Å². The Balaban J connectivity index is 2.08. The van der Waals surface area contributed by atoms with Crippen molar-refractivity contribution in [2.24, 2.45) is 5.84 Å². The number of rotatable bonds is 4. The van der Waals surface area contributed by atoms with Crippen LogP contribution < -0.4 is 16.0 Å². The van der Waals surface area contributed by atoms with Crippen molar-refractivity contribution < 1.29 is 9.26 Å². The van der Waals surface area contributed by atoms with Gasteiger partial charge in [0.25, 0.3) is 0 Å². The fraction of sp³-hybridized carbons (Fsp3) is 0.222. The minimum atomic E-state index is 0.191. The molecule has 0 aliphatic carbocycles. The maximum Gasteiger partial charge on any atom is 0.335 e. The van der Waals surface area contributed by atoms with Crippen LogP contribution in [0.1, 0.15) is 11.4 Å². The fourth-order valence-electron chi connectivity index (χ4n) is 1.20. The Labute approximate surface area is 91.6 Å². The molecule has 0 aromatic carbocycles. The summed E-state index contributed by atoms with van der Waals surface area (Å²) in [6.07, 6.45) is 2.23. The summed E-state index contributed by atoms with van der Waals surface area (Å²) in [5.41, 5.74) is 3.24. The average molecular weight is 221 g/mol. The number of nitrogens with two attached hydrogens (primary N) is 1. The number of nitrogens with zero attached hydrogens (tertiary/aromatic N) is 3. The van der Waals surface area contributed by atoms with Crippen LogP contribution in [0.3, 0.4) is 0 Å². The molecular weight excluding hydrogens is 210 g/mol. The van der Waals surface area contributed by atoms with Crippen molar-refractivity contribution >= 4 is 6.01 Å². The zero-order chi connectivity index (χ0) is 11.4. The number of pyridine rings is 1. The summed E-state index contributed by atoms with van der Waals surface area (Å²) in [6, 6.07) is 3.85. The molecule has 0 atom stereocenters. The van der Waals surface area contributed by atoms with Gasteiger partial charge in [0.15, 0.2) is 5.82 Å². The van der Waals surface area contributed by atoms with Gasteiger partial charge in [0.2, 0.25) is 5.88 Å². The maximum atomic E-state index is 5.12. The number of hydrazine groups is 1. The van der Waals surface area contributed by atoms with Crippen molar-refractivity contribution in [1.82, 2.24) is 15.1 Å².